The molecule has 0 bridgehead atoms. The average molecular weight is 206 g/mol. The van der Waals surface area contributed by atoms with Gasteiger partial charge in [0.2, 0.25) is 0 Å². The maximum absolute atomic E-state index is 5.27. The van der Waals surface area contributed by atoms with Gasteiger partial charge in [0, 0.05) is 0 Å². The molecule has 0 rings (SSSR count). The van der Waals surface area contributed by atoms with E-state index in [-0.39, 0.29) is 5.60 Å². The molecule has 0 spiro atoms. The van der Waals surface area contributed by atoms with E-state index in [1.165, 1.54) is 22.5 Å². The molecule has 0 aromatic heterocycles. The summed E-state index contributed by atoms with van der Waals surface area (Å²) in [5.41, 5.74) is 0.0728. The summed E-state index contributed by atoms with van der Waals surface area (Å²) in [6.07, 6.45) is 0. The fourth-order valence-electron chi connectivity index (χ4n) is 0.217. The van der Waals surface area contributed by atoms with Gasteiger partial charge in [-0.05, 0) is 0 Å². The van der Waals surface area contributed by atoms with Gasteiger partial charge in [0.25, 0.3) is 0 Å². The minimum atomic E-state index is 0.0728. The van der Waals surface area contributed by atoms with Crippen molar-refractivity contribution in [2.45, 2.75) is 26.4 Å². The van der Waals surface area contributed by atoms with Gasteiger partial charge in [-0.2, -0.15) is 0 Å². The molecule has 0 saturated carbocycles. The van der Waals surface area contributed by atoms with Crippen LogP contribution in [-0.2, 0) is 4.74 Å². The van der Waals surface area contributed by atoms with Crippen molar-refractivity contribution in [2.24, 2.45) is 0 Å². The molecule has 0 aromatic carbocycles. The minimum absolute atomic E-state index is 0.0728. The number of hydrogen-bond acceptors (Lipinski definition) is 1. The molecule has 0 amide bonds. The molecule has 0 N–H and O–H groups in total. The van der Waals surface area contributed by atoms with Crippen molar-refractivity contribution in [3.8, 4) is 0 Å². The summed E-state index contributed by atoms with van der Waals surface area (Å²) in [5, 5.41) is 0. The van der Waals surface area contributed by atoms with Gasteiger partial charge in [-0.1, -0.05) is 0 Å². The van der Waals surface area contributed by atoms with Crippen LogP contribution in [0.2, 0.25) is 0 Å². The molecule has 0 heterocycles. The first kappa shape index (κ1) is 7.76. The van der Waals surface area contributed by atoms with Gasteiger partial charge < -0.3 is 0 Å². The third kappa shape index (κ3) is 6.76. The van der Waals surface area contributed by atoms with E-state index in [1.54, 1.807) is 0 Å². The van der Waals surface area contributed by atoms with Crippen LogP contribution in [0.1, 0.15) is 20.8 Å². The van der Waals surface area contributed by atoms with E-state index in [9.17, 15) is 0 Å². The van der Waals surface area contributed by atoms with Crippen molar-refractivity contribution in [1.29, 1.82) is 0 Å². The quantitative estimate of drug-likeness (QED) is 0.579. The topological polar surface area (TPSA) is 9.23 Å². The SMILES string of the molecule is CC(C)(C)O[CH2][Sn]. The monoisotopic (exact) mass is 207 g/mol. The number of ether oxygens (including phenoxy) is 1. The van der Waals surface area contributed by atoms with Gasteiger partial charge in [-0.15, -0.1) is 0 Å². The molecule has 0 atom stereocenters. The van der Waals surface area contributed by atoms with Crippen molar-refractivity contribution in [2.75, 3.05) is 4.62 Å². The van der Waals surface area contributed by atoms with Gasteiger partial charge in [-0.25, -0.2) is 0 Å². The molecule has 0 saturated heterocycles. The van der Waals surface area contributed by atoms with Crippen LogP contribution in [0.5, 0.6) is 0 Å². The molecule has 41 valence electrons. The summed E-state index contributed by atoms with van der Waals surface area (Å²) < 4.78 is 6.17. The Hall–Kier alpha value is 0.759. The summed E-state index contributed by atoms with van der Waals surface area (Å²) in [5.74, 6) is 0. The predicted octanol–water partition coefficient (Wildman–Crippen LogP) is 0.927. The Morgan fingerprint density at radius 2 is 1.86 bits per heavy atom. The Kier molecular flexibility index (Phi) is 3.24. The van der Waals surface area contributed by atoms with Crippen LogP contribution in [-0.4, -0.2) is 32.7 Å². The van der Waals surface area contributed by atoms with Gasteiger partial charge in [0.05, 0.1) is 0 Å². The van der Waals surface area contributed by atoms with Gasteiger partial charge in [0.15, 0.2) is 0 Å². The summed E-state index contributed by atoms with van der Waals surface area (Å²) in [7, 11) is 0. The Balaban J connectivity index is 3.15. The molecular weight excluding hydrogens is 195 g/mol. The maximum atomic E-state index is 5.27. The summed E-state index contributed by atoms with van der Waals surface area (Å²) in [6, 6.07) is 0. The fraction of sp³-hybridized carbons (Fsp3) is 1.00. The van der Waals surface area contributed by atoms with E-state index in [4.69, 9.17) is 4.74 Å². The molecule has 0 aromatic rings. The number of rotatable bonds is 1. The first-order valence-corrected chi connectivity index (χ1v) is 4.36. The molecule has 1 nitrogen and oxygen atoms in total. The molecule has 0 aliphatic rings. The molecule has 0 fully saturated rings. The Bertz CT molecular complexity index is 46.5. The van der Waals surface area contributed by atoms with Crippen LogP contribution < -0.4 is 0 Å². The van der Waals surface area contributed by atoms with Gasteiger partial charge in [-0.3, -0.25) is 0 Å². The molecule has 0 aliphatic carbocycles. The Labute approximate surface area is 58.5 Å². The fourth-order valence-corrected chi connectivity index (χ4v) is 1.45. The van der Waals surface area contributed by atoms with Crippen LogP contribution in [0, 0.1) is 0 Å². The van der Waals surface area contributed by atoms with E-state index in [1.807, 2.05) is 0 Å². The normalized spacial score (nSPS) is 12.0. The second-order valence-electron chi connectivity index (χ2n) is 2.40. The van der Waals surface area contributed by atoms with Crippen molar-refractivity contribution in [3.63, 3.8) is 0 Å². The first-order chi connectivity index (χ1) is 3.06. The van der Waals surface area contributed by atoms with Crippen molar-refractivity contribution >= 4 is 22.5 Å². The number of hydrogen-bond donors (Lipinski definition) is 0. The zero-order valence-corrected chi connectivity index (χ0v) is 7.97. The second-order valence-corrected chi connectivity index (χ2v) is 3.22. The summed E-state index contributed by atoms with van der Waals surface area (Å²) in [6.45, 7) is 6.20. The van der Waals surface area contributed by atoms with Gasteiger partial charge in [0.1, 0.15) is 0 Å². The zero-order chi connectivity index (χ0) is 5.91. The zero-order valence-electron chi connectivity index (χ0n) is 5.12. The molecule has 0 unspecified atom stereocenters. The van der Waals surface area contributed by atoms with Crippen LogP contribution in [0.3, 0.4) is 0 Å². The van der Waals surface area contributed by atoms with E-state index in [2.05, 4.69) is 20.8 Å². The Morgan fingerprint density at radius 1 is 1.43 bits per heavy atom. The molecule has 0 aliphatic heterocycles. The standard InChI is InChI=1S/C5H11O.Sn/c1-5(2,3)6-4;/h4H2,1-3H3;. The molecule has 7 heavy (non-hydrogen) atoms. The first-order valence-electron chi connectivity index (χ1n) is 2.35. The van der Waals surface area contributed by atoms with E-state index in [0.29, 0.717) is 0 Å². The van der Waals surface area contributed by atoms with Crippen molar-refractivity contribution < 1.29 is 4.74 Å². The van der Waals surface area contributed by atoms with Crippen molar-refractivity contribution in [1.82, 2.24) is 0 Å². The second kappa shape index (κ2) is 2.92. The molecule has 2 heteroatoms. The molecule has 3 radical (unpaired) electrons. The van der Waals surface area contributed by atoms with E-state index >= 15 is 0 Å². The van der Waals surface area contributed by atoms with Crippen LogP contribution >= 0.6 is 0 Å². The summed E-state index contributed by atoms with van der Waals surface area (Å²) >= 11 is 1.45. The third-order valence-corrected chi connectivity index (χ3v) is 0.917. The average Bonchev–Trinajstić information content (AvgIpc) is 1.30. The molecular formula is C5H11OSn. The Morgan fingerprint density at radius 3 is 1.86 bits per heavy atom. The van der Waals surface area contributed by atoms with Crippen LogP contribution in [0.15, 0.2) is 0 Å². The summed E-state index contributed by atoms with van der Waals surface area (Å²) in [4.78, 5) is 0. The predicted molar refractivity (Wildman–Crippen MR) is 31.5 cm³/mol. The van der Waals surface area contributed by atoms with E-state index < -0.39 is 0 Å². The van der Waals surface area contributed by atoms with Gasteiger partial charge >= 0.3 is 58.3 Å². The van der Waals surface area contributed by atoms with Crippen molar-refractivity contribution in [3.05, 3.63) is 0 Å². The third-order valence-electron chi connectivity index (χ3n) is 0.505. The van der Waals surface area contributed by atoms with E-state index in [0.717, 1.165) is 4.62 Å². The van der Waals surface area contributed by atoms with Crippen LogP contribution in [0.4, 0.5) is 0 Å². The van der Waals surface area contributed by atoms with Crippen LogP contribution in [0.25, 0.3) is 0 Å².